The van der Waals surface area contributed by atoms with Crippen LogP contribution in [0.25, 0.3) is 0 Å². The Morgan fingerprint density at radius 2 is 1.94 bits per heavy atom. The zero-order chi connectivity index (χ0) is 13.5. The molecule has 0 unspecified atom stereocenters. The van der Waals surface area contributed by atoms with Gasteiger partial charge in [-0.2, -0.15) is 0 Å². The van der Waals surface area contributed by atoms with Gasteiger partial charge in [0.2, 0.25) is 0 Å². The number of anilines is 2. The van der Waals surface area contributed by atoms with Crippen LogP contribution in [0.4, 0.5) is 16.2 Å². The molecule has 1 aromatic rings. The van der Waals surface area contributed by atoms with Crippen LogP contribution < -0.4 is 15.5 Å². The molecule has 0 fully saturated rings. The van der Waals surface area contributed by atoms with Crippen molar-refractivity contribution in [3.05, 3.63) is 24.3 Å². The van der Waals surface area contributed by atoms with Gasteiger partial charge in [0, 0.05) is 38.1 Å². The third kappa shape index (κ3) is 4.63. The zero-order valence-corrected chi connectivity index (χ0v) is 11.1. The van der Waals surface area contributed by atoms with Crippen molar-refractivity contribution in [2.75, 3.05) is 30.9 Å². The summed E-state index contributed by atoms with van der Waals surface area (Å²) in [5, 5.41) is 14.2. The lowest BCUT2D eigenvalue weighted by molar-refractivity contribution is 0.241. The predicted octanol–water partition coefficient (Wildman–Crippen LogP) is 1.65. The van der Waals surface area contributed by atoms with Gasteiger partial charge >= 0.3 is 6.03 Å². The van der Waals surface area contributed by atoms with Crippen molar-refractivity contribution >= 4 is 17.4 Å². The highest BCUT2D eigenvalue weighted by Gasteiger charge is 2.06. The van der Waals surface area contributed by atoms with Gasteiger partial charge in [-0.15, -0.1) is 0 Å². The van der Waals surface area contributed by atoms with E-state index in [1.54, 1.807) is 0 Å². The van der Waals surface area contributed by atoms with Crippen LogP contribution in [0.1, 0.15) is 13.3 Å². The molecule has 0 aromatic heterocycles. The highest BCUT2D eigenvalue weighted by Crippen LogP contribution is 2.15. The second kappa shape index (κ2) is 6.86. The molecule has 1 aromatic carbocycles. The van der Waals surface area contributed by atoms with E-state index in [-0.39, 0.29) is 18.7 Å². The number of aliphatic hydroxyl groups is 1. The highest BCUT2D eigenvalue weighted by molar-refractivity contribution is 5.89. The largest absolute Gasteiger partial charge is 0.396 e. The quantitative estimate of drug-likeness (QED) is 0.745. The van der Waals surface area contributed by atoms with E-state index in [0.29, 0.717) is 6.42 Å². The third-order valence-corrected chi connectivity index (χ3v) is 2.58. The Labute approximate surface area is 108 Å². The van der Waals surface area contributed by atoms with Crippen molar-refractivity contribution in [3.63, 3.8) is 0 Å². The number of benzene rings is 1. The monoisotopic (exact) mass is 251 g/mol. The lowest BCUT2D eigenvalue weighted by atomic mass is 10.2. The molecule has 100 valence electrons. The minimum atomic E-state index is -0.256. The number of hydrogen-bond donors (Lipinski definition) is 3. The average molecular weight is 251 g/mol. The Bertz CT molecular complexity index is 376. The van der Waals surface area contributed by atoms with Gasteiger partial charge in [0.1, 0.15) is 0 Å². The van der Waals surface area contributed by atoms with E-state index < -0.39 is 0 Å². The molecule has 0 aliphatic heterocycles. The van der Waals surface area contributed by atoms with E-state index >= 15 is 0 Å². The van der Waals surface area contributed by atoms with Crippen molar-refractivity contribution < 1.29 is 9.90 Å². The van der Waals surface area contributed by atoms with Gasteiger partial charge in [-0.05, 0) is 37.6 Å². The zero-order valence-electron chi connectivity index (χ0n) is 11.1. The van der Waals surface area contributed by atoms with E-state index in [4.69, 9.17) is 5.11 Å². The first-order valence-electron chi connectivity index (χ1n) is 5.98. The van der Waals surface area contributed by atoms with Gasteiger partial charge in [-0.3, -0.25) is 0 Å². The van der Waals surface area contributed by atoms with E-state index in [1.807, 2.05) is 50.2 Å². The van der Waals surface area contributed by atoms with E-state index in [2.05, 4.69) is 10.6 Å². The number of rotatable bonds is 5. The topological polar surface area (TPSA) is 64.6 Å². The fraction of sp³-hybridized carbons (Fsp3) is 0.462. The normalized spacial score (nSPS) is 11.8. The molecule has 2 amide bonds. The van der Waals surface area contributed by atoms with Gasteiger partial charge in [0.25, 0.3) is 0 Å². The molecule has 0 bridgehead atoms. The summed E-state index contributed by atoms with van der Waals surface area (Å²) in [5.41, 5.74) is 1.82. The summed E-state index contributed by atoms with van der Waals surface area (Å²) in [6, 6.07) is 7.28. The molecule has 1 rings (SSSR count). The first-order chi connectivity index (χ1) is 8.52. The predicted molar refractivity (Wildman–Crippen MR) is 74.1 cm³/mol. The molecule has 1 atom stereocenters. The summed E-state index contributed by atoms with van der Waals surface area (Å²) in [6.07, 6.45) is 0.549. The summed E-state index contributed by atoms with van der Waals surface area (Å²) >= 11 is 0. The highest BCUT2D eigenvalue weighted by atomic mass is 16.3. The summed E-state index contributed by atoms with van der Waals surface area (Å²) in [4.78, 5) is 13.6. The van der Waals surface area contributed by atoms with Crippen molar-refractivity contribution in [1.82, 2.24) is 5.32 Å². The van der Waals surface area contributed by atoms with Crippen LogP contribution >= 0.6 is 0 Å². The SMILES string of the molecule is C[C@H](CCO)NC(=O)Nc1ccc(N(C)C)cc1. The minimum absolute atomic E-state index is 0.0453. The van der Waals surface area contributed by atoms with Crippen LogP contribution in [0.2, 0.25) is 0 Å². The van der Waals surface area contributed by atoms with Gasteiger partial charge in [0.15, 0.2) is 0 Å². The van der Waals surface area contributed by atoms with Crippen molar-refractivity contribution in [2.24, 2.45) is 0 Å². The molecule has 5 nitrogen and oxygen atoms in total. The molecule has 0 heterocycles. The maximum absolute atomic E-state index is 11.6. The van der Waals surface area contributed by atoms with Crippen molar-refractivity contribution in [1.29, 1.82) is 0 Å². The smallest absolute Gasteiger partial charge is 0.319 e. The summed E-state index contributed by atoms with van der Waals surface area (Å²) in [5.74, 6) is 0. The average Bonchev–Trinajstić information content (AvgIpc) is 2.29. The summed E-state index contributed by atoms with van der Waals surface area (Å²) in [6.45, 7) is 1.92. The number of aliphatic hydroxyl groups excluding tert-OH is 1. The number of carbonyl (C=O) groups excluding carboxylic acids is 1. The maximum Gasteiger partial charge on any atom is 0.319 e. The standard InChI is InChI=1S/C13H21N3O2/c1-10(8-9-17)14-13(18)15-11-4-6-12(7-5-11)16(2)3/h4-7,10,17H,8-9H2,1-3H3,(H2,14,15,18)/t10-/m1/s1. The van der Waals surface area contributed by atoms with Crippen molar-refractivity contribution in [2.45, 2.75) is 19.4 Å². The molecule has 18 heavy (non-hydrogen) atoms. The lowest BCUT2D eigenvalue weighted by Crippen LogP contribution is -2.36. The Hall–Kier alpha value is -1.75. The lowest BCUT2D eigenvalue weighted by Gasteiger charge is -2.15. The molecule has 3 N–H and O–H groups in total. The van der Waals surface area contributed by atoms with Crippen LogP contribution in [-0.4, -0.2) is 37.9 Å². The first-order valence-corrected chi connectivity index (χ1v) is 5.98. The third-order valence-electron chi connectivity index (χ3n) is 2.58. The minimum Gasteiger partial charge on any atom is -0.396 e. The van der Waals surface area contributed by atoms with Gasteiger partial charge < -0.3 is 20.6 Å². The van der Waals surface area contributed by atoms with Crippen LogP contribution in [0, 0.1) is 0 Å². The van der Waals surface area contributed by atoms with Crippen LogP contribution in [0.3, 0.4) is 0 Å². The van der Waals surface area contributed by atoms with Gasteiger partial charge in [-0.1, -0.05) is 0 Å². The molecular weight excluding hydrogens is 230 g/mol. The molecule has 0 spiro atoms. The van der Waals surface area contributed by atoms with Gasteiger partial charge in [-0.25, -0.2) is 4.79 Å². The fourth-order valence-electron chi connectivity index (χ4n) is 1.50. The molecular formula is C13H21N3O2. The number of carbonyl (C=O) groups is 1. The number of nitrogens with one attached hydrogen (secondary N) is 2. The number of amides is 2. The molecule has 0 saturated carbocycles. The second-order valence-corrected chi connectivity index (χ2v) is 4.45. The van der Waals surface area contributed by atoms with Crippen LogP contribution in [0.5, 0.6) is 0 Å². The first kappa shape index (κ1) is 14.3. The second-order valence-electron chi connectivity index (χ2n) is 4.45. The van der Waals surface area contributed by atoms with Crippen molar-refractivity contribution in [3.8, 4) is 0 Å². The Morgan fingerprint density at radius 3 is 2.44 bits per heavy atom. The maximum atomic E-state index is 11.6. The van der Waals surface area contributed by atoms with Crippen LogP contribution in [0.15, 0.2) is 24.3 Å². The van der Waals surface area contributed by atoms with E-state index in [1.165, 1.54) is 0 Å². The number of urea groups is 1. The molecule has 0 aliphatic rings. The number of hydrogen-bond acceptors (Lipinski definition) is 3. The Morgan fingerprint density at radius 1 is 1.33 bits per heavy atom. The molecule has 0 saturated heterocycles. The van der Waals surface area contributed by atoms with Gasteiger partial charge in [0.05, 0.1) is 0 Å². The molecule has 5 heteroatoms. The summed E-state index contributed by atoms with van der Waals surface area (Å²) < 4.78 is 0. The molecule has 0 radical (unpaired) electrons. The Kier molecular flexibility index (Phi) is 5.45. The van der Waals surface area contributed by atoms with E-state index in [0.717, 1.165) is 11.4 Å². The Balaban J connectivity index is 2.49. The number of nitrogens with zero attached hydrogens (tertiary/aromatic N) is 1. The fourth-order valence-corrected chi connectivity index (χ4v) is 1.50. The van der Waals surface area contributed by atoms with E-state index in [9.17, 15) is 4.79 Å². The van der Waals surface area contributed by atoms with Crippen LogP contribution in [-0.2, 0) is 0 Å². The molecule has 0 aliphatic carbocycles. The summed E-state index contributed by atoms with van der Waals surface area (Å²) in [7, 11) is 3.93.